The first-order valence-electron chi connectivity index (χ1n) is 7.50. The van der Waals surface area contributed by atoms with Gasteiger partial charge in [-0.3, -0.25) is 4.79 Å². The molecule has 0 rings (SSSR count). The minimum atomic E-state index is -1.23. The molecule has 2 radical (unpaired) electrons. The summed E-state index contributed by atoms with van der Waals surface area (Å²) in [6.45, 7) is 3.50. The van der Waals surface area contributed by atoms with Crippen molar-refractivity contribution in [1.29, 1.82) is 0 Å². The number of hydrogen-bond donors (Lipinski definition) is 1. The fourth-order valence-corrected chi connectivity index (χ4v) is 1.83. The second-order valence-electron chi connectivity index (χ2n) is 5.05. The van der Waals surface area contributed by atoms with Gasteiger partial charge in [0.05, 0.1) is 0 Å². The van der Waals surface area contributed by atoms with Gasteiger partial charge in [-0.1, -0.05) is 58.3 Å². The van der Waals surface area contributed by atoms with Gasteiger partial charge in [0.15, 0.2) is 0 Å². The number of carbonyl (C=O) groups is 2. The summed E-state index contributed by atoms with van der Waals surface area (Å²) in [5.74, 6) is -1.39. The summed E-state index contributed by atoms with van der Waals surface area (Å²) in [7, 11) is 0. The van der Waals surface area contributed by atoms with Crippen molar-refractivity contribution in [3.63, 3.8) is 0 Å². The molecule has 0 saturated heterocycles. The van der Waals surface area contributed by atoms with E-state index in [9.17, 15) is 9.59 Å². The quantitative estimate of drug-likeness (QED) is 0.276. The van der Waals surface area contributed by atoms with E-state index in [1.54, 1.807) is 0 Å². The zero-order valence-corrected chi connectivity index (χ0v) is 15.2. The zero-order chi connectivity index (χ0) is 14.5. The Morgan fingerprint density at radius 2 is 1.40 bits per heavy atom. The number of aliphatic hydroxyl groups excluding tert-OH is 1. The normalized spacial score (nSPS) is 11.6. The van der Waals surface area contributed by atoms with Crippen molar-refractivity contribution >= 4 is 49.7 Å². The van der Waals surface area contributed by atoms with Crippen LogP contribution in [0, 0.1) is 0 Å². The molecule has 0 aliphatic carbocycles. The van der Waals surface area contributed by atoms with Crippen LogP contribution in [0.5, 0.6) is 0 Å². The summed E-state index contributed by atoms with van der Waals surface area (Å²) >= 11 is 0. The van der Waals surface area contributed by atoms with E-state index < -0.39 is 18.0 Å². The van der Waals surface area contributed by atoms with Gasteiger partial charge in [-0.15, -0.1) is 0 Å². The minimum absolute atomic E-state index is 0. The van der Waals surface area contributed by atoms with E-state index in [0.717, 1.165) is 19.3 Å². The first-order valence-corrected chi connectivity index (χ1v) is 7.50. The maximum atomic E-state index is 11.2. The molecule has 114 valence electrons. The molecule has 0 aromatic rings. The van der Waals surface area contributed by atoms with E-state index in [0.29, 0.717) is 0 Å². The first-order chi connectivity index (χ1) is 9.07. The molecule has 1 unspecified atom stereocenters. The van der Waals surface area contributed by atoms with E-state index in [1.165, 1.54) is 45.4 Å². The molecule has 1 atom stereocenters. The number of carbonyl (C=O) groups excluding carboxylic acids is 2. The molecule has 0 aromatic heterocycles. The van der Waals surface area contributed by atoms with Crippen LogP contribution >= 0.6 is 0 Å². The van der Waals surface area contributed by atoms with Crippen LogP contribution in [0.3, 0.4) is 0 Å². The van der Waals surface area contributed by atoms with Crippen LogP contribution < -0.4 is 0 Å². The maximum absolute atomic E-state index is 11.2. The molecule has 5 heteroatoms. The molecule has 0 heterocycles. The van der Waals surface area contributed by atoms with Crippen molar-refractivity contribution in [2.45, 2.75) is 84.2 Å². The topological polar surface area (TPSA) is 63.6 Å². The van der Waals surface area contributed by atoms with Crippen LogP contribution in [-0.4, -0.2) is 60.9 Å². The minimum Gasteiger partial charge on any atom is -0.391 e. The molecule has 1 N–H and O–H groups in total. The summed E-state index contributed by atoms with van der Waals surface area (Å²) in [5, 5.41) is 8.87. The smallest absolute Gasteiger partial charge is 0.342 e. The molecule has 0 aliphatic heterocycles. The third-order valence-corrected chi connectivity index (χ3v) is 3.04. The fourth-order valence-electron chi connectivity index (χ4n) is 1.83. The fraction of sp³-hybridized carbons (Fsp3) is 0.867. The molecule has 0 saturated carbocycles. The van der Waals surface area contributed by atoms with Crippen LogP contribution in [0.4, 0.5) is 0 Å². The summed E-state index contributed by atoms with van der Waals surface area (Å²) < 4.78 is 4.46. The Labute approximate surface area is 152 Å². The van der Waals surface area contributed by atoms with Gasteiger partial charge in [-0.25, -0.2) is 4.79 Å². The van der Waals surface area contributed by atoms with Crippen LogP contribution in [0.15, 0.2) is 0 Å². The van der Waals surface area contributed by atoms with Gasteiger partial charge in [0.25, 0.3) is 0 Å². The van der Waals surface area contributed by atoms with E-state index in [-0.39, 0.29) is 44.2 Å². The van der Waals surface area contributed by atoms with Gasteiger partial charge in [0.1, 0.15) is 6.10 Å². The molecule has 20 heavy (non-hydrogen) atoms. The number of hydrogen-bond acceptors (Lipinski definition) is 4. The Morgan fingerprint density at radius 1 is 0.950 bits per heavy atom. The molecule has 0 bridgehead atoms. The number of unbranched alkanes of at least 4 members (excludes halogenated alkanes) is 8. The first kappa shape index (κ1) is 22.6. The predicted octanol–water partition coefficient (Wildman–Crippen LogP) is 2.98. The molecule has 4 nitrogen and oxygen atoms in total. The summed E-state index contributed by atoms with van der Waals surface area (Å²) in [5.41, 5.74) is 0. The summed E-state index contributed by atoms with van der Waals surface area (Å²) in [6.07, 6.45) is 9.60. The number of aliphatic hydroxyl groups is 1. The van der Waals surface area contributed by atoms with Crippen molar-refractivity contribution < 1.29 is 19.4 Å². The second kappa shape index (κ2) is 15.7. The average Bonchev–Trinajstić information content (AvgIpc) is 2.36. The summed E-state index contributed by atoms with van der Waals surface area (Å²) in [6, 6.07) is 0. The Balaban J connectivity index is 0. The molecule has 0 aliphatic rings. The maximum Gasteiger partial charge on any atom is 0.342 e. The Bertz CT molecular complexity index is 254. The molecule has 0 fully saturated rings. The van der Waals surface area contributed by atoms with Crippen molar-refractivity contribution in [2.24, 2.45) is 0 Å². The van der Waals surface area contributed by atoms with E-state index in [4.69, 9.17) is 5.11 Å². The largest absolute Gasteiger partial charge is 0.391 e. The van der Waals surface area contributed by atoms with Crippen LogP contribution in [-0.2, 0) is 14.3 Å². The number of rotatable bonds is 11. The van der Waals surface area contributed by atoms with Crippen molar-refractivity contribution in [3.8, 4) is 0 Å². The monoisotopic (exact) mass is 312 g/mol. The zero-order valence-electron chi connectivity index (χ0n) is 13.0. The van der Waals surface area contributed by atoms with Crippen LogP contribution in [0.2, 0.25) is 0 Å². The Kier molecular flexibility index (Phi) is 17.8. The van der Waals surface area contributed by atoms with E-state index >= 15 is 0 Å². The van der Waals surface area contributed by atoms with Crippen LogP contribution in [0.1, 0.15) is 78.1 Å². The molecular formula is C15H28CaO4. The second-order valence-corrected chi connectivity index (χ2v) is 5.05. The van der Waals surface area contributed by atoms with Crippen molar-refractivity contribution in [1.82, 2.24) is 0 Å². The van der Waals surface area contributed by atoms with Gasteiger partial charge in [0, 0.05) is 44.2 Å². The van der Waals surface area contributed by atoms with Crippen molar-refractivity contribution in [2.75, 3.05) is 0 Å². The summed E-state index contributed by atoms with van der Waals surface area (Å²) in [4.78, 5) is 22.1. The van der Waals surface area contributed by atoms with Crippen LogP contribution in [0.25, 0.3) is 0 Å². The van der Waals surface area contributed by atoms with Gasteiger partial charge < -0.3 is 9.84 Å². The van der Waals surface area contributed by atoms with Gasteiger partial charge >= 0.3 is 11.9 Å². The number of esters is 2. The Hall–Kier alpha value is 0.360. The predicted molar refractivity (Wildman–Crippen MR) is 80.4 cm³/mol. The molecule has 0 amide bonds. The van der Waals surface area contributed by atoms with Gasteiger partial charge in [-0.2, -0.15) is 0 Å². The number of ether oxygens (including phenoxy) is 1. The van der Waals surface area contributed by atoms with Gasteiger partial charge in [0.2, 0.25) is 0 Å². The van der Waals surface area contributed by atoms with E-state index in [1.807, 2.05) is 0 Å². The molecule has 0 spiro atoms. The van der Waals surface area contributed by atoms with Crippen molar-refractivity contribution in [3.05, 3.63) is 0 Å². The third kappa shape index (κ3) is 14.8. The molecular weight excluding hydrogens is 284 g/mol. The van der Waals surface area contributed by atoms with Gasteiger partial charge in [-0.05, 0) is 13.3 Å². The van der Waals surface area contributed by atoms with E-state index in [2.05, 4.69) is 11.7 Å². The third-order valence-electron chi connectivity index (χ3n) is 3.04. The Morgan fingerprint density at radius 3 is 1.85 bits per heavy atom. The SMILES string of the molecule is CCCCCCCCCCCC(=O)OC(=O)C(C)O.[Ca]. The standard InChI is InChI=1S/C15H28O4.Ca/c1-3-4-5-6-7-8-9-10-11-12-14(17)19-15(18)13(2)16;/h13,16H,3-12H2,1-2H3;. The molecule has 0 aromatic carbocycles. The average molecular weight is 312 g/mol.